The maximum Gasteiger partial charge on any atom is 0.148 e. The van der Waals surface area contributed by atoms with Crippen LogP contribution in [-0.4, -0.2) is 34.9 Å². The van der Waals surface area contributed by atoms with E-state index in [0.717, 1.165) is 20.1 Å². The highest BCUT2D eigenvalue weighted by Crippen LogP contribution is 2.39. The Labute approximate surface area is 291 Å². The van der Waals surface area contributed by atoms with Crippen molar-refractivity contribution < 1.29 is 13.9 Å². The summed E-state index contributed by atoms with van der Waals surface area (Å²) in [4.78, 5) is 8.62. The SMILES string of the molecule is CC(C)COc1cc(NC(=N)c2ccc(Br)cn2)ccc1-c1ccc(-c2ccc(NC(=N)c3ccc(Br)cn3)cc2OCC(C)C)o1. The number of ether oxygens (including phenoxy) is 2. The predicted octanol–water partition coefficient (Wildman–Crippen LogP) is 9.87. The molecule has 3 heterocycles. The van der Waals surface area contributed by atoms with Crippen molar-refractivity contribution in [3.63, 3.8) is 0 Å². The Bertz CT molecular complexity index is 1720. The second-order valence-electron chi connectivity index (χ2n) is 11.7. The molecule has 5 rings (SSSR count). The third-order valence-electron chi connectivity index (χ3n) is 6.75. The van der Waals surface area contributed by atoms with Gasteiger partial charge >= 0.3 is 0 Å². The minimum Gasteiger partial charge on any atom is -0.492 e. The minimum absolute atomic E-state index is 0.176. The van der Waals surface area contributed by atoms with E-state index in [2.05, 4.69) is 80.2 Å². The molecule has 9 nitrogen and oxygen atoms in total. The quantitative estimate of drug-likeness (QED) is 0.0736. The summed E-state index contributed by atoms with van der Waals surface area (Å²) in [5.41, 5.74) is 4.02. The van der Waals surface area contributed by atoms with E-state index in [4.69, 9.17) is 24.7 Å². The van der Waals surface area contributed by atoms with Crippen molar-refractivity contribution in [1.29, 1.82) is 10.8 Å². The van der Waals surface area contributed by atoms with E-state index in [1.165, 1.54) is 0 Å². The van der Waals surface area contributed by atoms with Gasteiger partial charge in [0.05, 0.1) is 24.3 Å². The fraction of sp³-hybridized carbons (Fsp3) is 0.222. The zero-order valence-corrected chi connectivity index (χ0v) is 29.7. The number of nitrogens with one attached hydrogen (secondary N) is 4. The van der Waals surface area contributed by atoms with E-state index in [1.54, 1.807) is 24.5 Å². The van der Waals surface area contributed by atoms with Crippen LogP contribution in [-0.2, 0) is 0 Å². The van der Waals surface area contributed by atoms with Gasteiger partial charge in [0, 0.05) is 44.8 Å². The summed E-state index contributed by atoms with van der Waals surface area (Å²) in [6.07, 6.45) is 3.33. The molecule has 0 bridgehead atoms. The number of hydrogen-bond donors (Lipinski definition) is 4. The Morgan fingerprint density at radius 3 is 1.45 bits per heavy atom. The van der Waals surface area contributed by atoms with Crippen LogP contribution >= 0.6 is 31.9 Å². The number of pyridine rings is 2. The van der Waals surface area contributed by atoms with Gasteiger partial charge in [-0.3, -0.25) is 20.8 Å². The van der Waals surface area contributed by atoms with Gasteiger partial charge in [0.2, 0.25) is 0 Å². The van der Waals surface area contributed by atoms with Gasteiger partial charge in [0.15, 0.2) is 0 Å². The number of hydrogen-bond acceptors (Lipinski definition) is 7. The monoisotopic (exact) mass is 758 g/mol. The Hall–Kier alpha value is -4.48. The van der Waals surface area contributed by atoms with Gasteiger partial charge in [-0.1, -0.05) is 27.7 Å². The second-order valence-corrected chi connectivity index (χ2v) is 13.6. The number of nitrogens with zero attached hydrogens (tertiary/aromatic N) is 2. The smallest absolute Gasteiger partial charge is 0.148 e. The number of amidine groups is 2. The van der Waals surface area contributed by atoms with E-state index in [1.807, 2.05) is 60.7 Å². The molecule has 0 fully saturated rings. The maximum atomic E-state index is 8.50. The number of furan rings is 1. The van der Waals surface area contributed by atoms with E-state index >= 15 is 0 Å². The van der Waals surface area contributed by atoms with Crippen molar-refractivity contribution in [1.82, 2.24) is 9.97 Å². The average Bonchev–Trinajstić information content (AvgIpc) is 3.53. The molecule has 2 aromatic carbocycles. The topological polar surface area (TPSA) is 129 Å². The average molecular weight is 761 g/mol. The van der Waals surface area contributed by atoms with Crippen molar-refractivity contribution in [3.05, 3.63) is 106 Å². The highest BCUT2D eigenvalue weighted by molar-refractivity contribution is 9.10. The predicted molar refractivity (Wildman–Crippen MR) is 195 cm³/mol. The van der Waals surface area contributed by atoms with Crippen LogP contribution in [0.1, 0.15) is 39.1 Å². The highest BCUT2D eigenvalue weighted by atomic mass is 79.9. The highest BCUT2D eigenvalue weighted by Gasteiger charge is 2.18. The summed E-state index contributed by atoms with van der Waals surface area (Å²) in [5.74, 6) is 3.52. The fourth-order valence-corrected chi connectivity index (χ4v) is 4.92. The Balaban J connectivity index is 1.42. The minimum atomic E-state index is 0.176. The Kier molecular flexibility index (Phi) is 11.1. The van der Waals surface area contributed by atoms with Gasteiger partial charge < -0.3 is 24.5 Å². The molecule has 0 amide bonds. The van der Waals surface area contributed by atoms with Crippen molar-refractivity contribution in [2.45, 2.75) is 27.7 Å². The van der Waals surface area contributed by atoms with Crippen LogP contribution in [0.3, 0.4) is 0 Å². The number of halogens is 2. The van der Waals surface area contributed by atoms with Crippen LogP contribution in [0.2, 0.25) is 0 Å². The molecule has 4 N–H and O–H groups in total. The first-order valence-electron chi connectivity index (χ1n) is 15.1. The number of anilines is 2. The van der Waals surface area contributed by atoms with E-state index in [0.29, 0.717) is 70.8 Å². The standard InChI is InChI=1S/C36H36Br2N6O3/c1-21(2)19-45-33-15-25(43-35(39)29-11-5-23(37)17-41-29)7-9-27(33)31-13-14-32(47-31)28-10-8-26(16-34(28)46-20-22(3)4)44-36(40)30-12-6-24(38)18-42-30/h5-18,21-22H,19-20H2,1-4H3,(H2,39,43)(H2,40,44). The lowest BCUT2D eigenvalue weighted by molar-refractivity contribution is 0.271. The normalized spacial score (nSPS) is 11.1. The van der Waals surface area contributed by atoms with Crippen molar-refractivity contribution in [2.75, 3.05) is 23.8 Å². The van der Waals surface area contributed by atoms with Crippen LogP contribution in [0.25, 0.3) is 22.6 Å². The summed E-state index contributed by atoms with van der Waals surface area (Å²) in [6.45, 7) is 9.40. The van der Waals surface area contributed by atoms with Gasteiger partial charge in [-0.05, 0) is 104 Å². The second kappa shape index (κ2) is 15.4. The molecule has 0 aliphatic rings. The molecule has 0 saturated heterocycles. The number of aromatic nitrogens is 2. The molecule has 0 aliphatic carbocycles. The van der Waals surface area contributed by atoms with Crippen LogP contribution in [0, 0.1) is 22.7 Å². The molecule has 0 atom stereocenters. The summed E-state index contributed by atoms with van der Waals surface area (Å²) >= 11 is 6.77. The largest absolute Gasteiger partial charge is 0.492 e. The summed E-state index contributed by atoms with van der Waals surface area (Å²) in [6, 6.07) is 22.5. The molecule has 0 spiro atoms. The third-order valence-corrected chi connectivity index (χ3v) is 7.69. The zero-order valence-electron chi connectivity index (χ0n) is 26.5. The summed E-state index contributed by atoms with van der Waals surface area (Å²) in [7, 11) is 0. The molecule has 0 radical (unpaired) electrons. The lowest BCUT2D eigenvalue weighted by Gasteiger charge is -2.16. The first-order chi connectivity index (χ1) is 22.5. The molecule has 0 saturated carbocycles. The fourth-order valence-electron chi connectivity index (χ4n) is 4.45. The number of rotatable bonds is 12. The van der Waals surface area contributed by atoms with Gasteiger partial charge in [-0.15, -0.1) is 0 Å². The molecule has 0 aliphatic heterocycles. The molecule has 5 aromatic rings. The molecule has 242 valence electrons. The van der Waals surface area contributed by atoms with Gasteiger partial charge in [0.25, 0.3) is 0 Å². The third kappa shape index (κ3) is 9.08. The molecule has 47 heavy (non-hydrogen) atoms. The lowest BCUT2D eigenvalue weighted by Crippen LogP contribution is -2.14. The van der Waals surface area contributed by atoms with E-state index in [9.17, 15) is 0 Å². The van der Waals surface area contributed by atoms with Crippen LogP contribution in [0.15, 0.2) is 98.6 Å². The first kappa shape index (κ1) is 33.9. The Morgan fingerprint density at radius 1 is 0.660 bits per heavy atom. The van der Waals surface area contributed by atoms with Crippen molar-refractivity contribution >= 4 is 54.9 Å². The maximum absolute atomic E-state index is 8.50. The van der Waals surface area contributed by atoms with Crippen LogP contribution in [0.4, 0.5) is 11.4 Å². The molecular weight excluding hydrogens is 724 g/mol. The summed E-state index contributed by atoms with van der Waals surface area (Å²) in [5, 5.41) is 23.3. The van der Waals surface area contributed by atoms with Crippen molar-refractivity contribution in [3.8, 4) is 34.1 Å². The van der Waals surface area contributed by atoms with Gasteiger partial charge in [-0.25, -0.2) is 0 Å². The number of benzene rings is 2. The van der Waals surface area contributed by atoms with Crippen LogP contribution < -0.4 is 20.1 Å². The van der Waals surface area contributed by atoms with Gasteiger partial charge in [-0.2, -0.15) is 0 Å². The summed E-state index contributed by atoms with van der Waals surface area (Å²) < 4.78 is 20.6. The molecule has 0 unspecified atom stereocenters. The van der Waals surface area contributed by atoms with E-state index < -0.39 is 0 Å². The lowest BCUT2D eigenvalue weighted by atomic mass is 10.1. The molecular formula is C36H36Br2N6O3. The molecule has 3 aromatic heterocycles. The van der Waals surface area contributed by atoms with Gasteiger partial charge in [0.1, 0.15) is 46.1 Å². The van der Waals surface area contributed by atoms with Crippen molar-refractivity contribution in [2.24, 2.45) is 11.8 Å². The van der Waals surface area contributed by atoms with Crippen LogP contribution in [0.5, 0.6) is 11.5 Å². The Morgan fingerprint density at radius 2 is 1.09 bits per heavy atom. The molecule has 11 heteroatoms. The first-order valence-corrected chi connectivity index (χ1v) is 16.7. The van der Waals surface area contributed by atoms with E-state index in [-0.39, 0.29) is 11.7 Å². The zero-order chi connectivity index (χ0) is 33.5.